The van der Waals surface area contributed by atoms with Crippen LogP contribution >= 0.6 is 0 Å². The van der Waals surface area contributed by atoms with E-state index in [2.05, 4.69) is 74.0 Å². The first-order valence-corrected chi connectivity index (χ1v) is 8.59. The zero-order valence-corrected chi connectivity index (χ0v) is 15.3. The summed E-state index contributed by atoms with van der Waals surface area (Å²) in [6.07, 6.45) is 0. The summed E-state index contributed by atoms with van der Waals surface area (Å²) in [7, 11) is 1.71. The average molecular weight is 325 g/mol. The van der Waals surface area contributed by atoms with E-state index < -0.39 is 0 Å². The highest BCUT2D eigenvalue weighted by molar-refractivity contribution is 5.48. The molecule has 2 heterocycles. The molecule has 2 aromatic rings. The van der Waals surface area contributed by atoms with Crippen molar-refractivity contribution in [1.82, 2.24) is 9.97 Å². The van der Waals surface area contributed by atoms with Crippen LogP contribution < -0.4 is 4.90 Å². The lowest BCUT2D eigenvalue weighted by Crippen LogP contribution is -2.49. The molecule has 0 bridgehead atoms. The van der Waals surface area contributed by atoms with E-state index in [9.17, 15) is 0 Å². The van der Waals surface area contributed by atoms with Crippen LogP contribution in [0.5, 0.6) is 0 Å². The number of anilines is 1. The summed E-state index contributed by atoms with van der Waals surface area (Å²) in [6.45, 7) is 10.3. The normalized spacial score (nSPS) is 20.8. The second-order valence-corrected chi connectivity index (χ2v) is 7.71. The molecule has 0 N–H and O–H groups in total. The standard InChI is InChI=1S/C20H27N3O/c1-14-12-23(18(14)15-9-7-6-8-10-15)17-11-16(13-24-5)21-19(22-17)20(2,3)4/h6-11,14,18H,12-13H2,1-5H3. The molecule has 0 saturated carbocycles. The Morgan fingerprint density at radius 2 is 1.88 bits per heavy atom. The van der Waals surface area contributed by atoms with Gasteiger partial charge >= 0.3 is 0 Å². The molecule has 1 saturated heterocycles. The van der Waals surface area contributed by atoms with Gasteiger partial charge in [-0.05, 0) is 11.5 Å². The first-order chi connectivity index (χ1) is 11.4. The molecule has 0 radical (unpaired) electrons. The van der Waals surface area contributed by atoms with E-state index in [-0.39, 0.29) is 5.41 Å². The molecule has 2 unspecified atom stereocenters. The fraction of sp³-hybridized carbons (Fsp3) is 0.500. The van der Waals surface area contributed by atoms with Crippen LogP contribution in [0.25, 0.3) is 0 Å². The predicted molar refractivity (Wildman–Crippen MR) is 97.1 cm³/mol. The molecule has 0 amide bonds. The summed E-state index contributed by atoms with van der Waals surface area (Å²) in [6, 6.07) is 13.1. The SMILES string of the molecule is COCc1cc(N2CC(C)C2c2ccccc2)nc(C(C)(C)C)n1. The minimum atomic E-state index is -0.0861. The zero-order chi connectivity index (χ0) is 17.3. The lowest BCUT2D eigenvalue weighted by molar-refractivity contribution is 0.180. The molecule has 2 atom stereocenters. The molecule has 3 rings (SSSR count). The molecule has 0 aliphatic carbocycles. The van der Waals surface area contributed by atoms with E-state index in [0.717, 1.165) is 23.9 Å². The topological polar surface area (TPSA) is 38.2 Å². The van der Waals surface area contributed by atoms with Crippen molar-refractivity contribution in [1.29, 1.82) is 0 Å². The van der Waals surface area contributed by atoms with Gasteiger partial charge in [-0.3, -0.25) is 0 Å². The zero-order valence-electron chi connectivity index (χ0n) is 15.3. The average Bonchev–Trinajstić information content (AvgIpc) is 2.52. The van der Waals surface area contributed by atoms with E-state index in [1.807, 2.05) is 0 Å². The summed E-state index contributed by atoms with van der Waals surface area (Å²) in [5, 5.41) is 0. The second kappa shape index (κ2) is 6.52. The molecule has 0 spiro atoms. The Morgan fingerprint density at radius 3 is 2.46 bits per heavy atom. The van der Waals surface area contributed by atoms with Crippen molar-refractivity contribution >= 4 is 5.82 Å². The molecular weight excluding hydrogens is 298 g/mol. The van der Waals surface area contributed by atoms with Crippen molar-refractivity contribution in [3.8, 4) is 0 Å². The minimum absolute atomic E-state index is 0.0861. The van der Waals surface area contributed by atoms with Crippen LogP contribution in [0.2, 0.25) is 0 Å². The summed E-state index contributed by atoms with van der Waals surface area (Å²) in [5.41, 5.74) is 2.20. The molecule has 128 valence electrons. The number of hydrogen-bond acceptors (Lipinski definition) is 4. The number of aromatic nitrogens is 2. The van der Waals surface area contributed by atoms with Gasteiger partial charge in [-0.15, -0.1) is 0 Å². The molecule has 4 nitrogen and oxygen atoms in total. The lowest BCUT2D eigenvalue weighted by Gasteiger charge is -2.48. The third kappa shape index (κ3) is 3.29. The number of hydrogen-bond donors (Lipinski definition) is 0. The first-order valence-electron chi connectivity index (χ1n) is 8.59. The van der Waals surface area contributed by atoms with Gasteiger partial charge < -0.3 is 9.64 Å². The molecule has 1 aromatic carbocycles. The monoisotopic (exact) mass is 325 g/mol. The minimum Gasteiger partial charge on any atom is -0.378 e. The van der Waals surface area contributed by atoms with E-state index in [1.165, 1.54) is 5.56 Å². The van der Waals surface area contributed by atoms with Gasteiger partial charge in [-0.2, -0.15) is 0 Å². The Kier molecular flexibility index (Phi) is 4.59. The van der Waals surface area contributed by atoms with E-state index >= 15 is 0 Å². The maximum Gasteiger partial charge on any atom is 0.136 e. The third-order valence-electron chi connectivity index (χ3n) is 4.52. The number of rotatable bonds is 4. The van der Waals surface area contributed by atoms with Gasteiger partial charge in [0.1, 0.15) is 11.6 Å². The lowest BCUT2D eigenvalue weighted by atomic mass is 9.84. The Morgan fingerprint density at radius 1 is 1.17 bits per heavy atom. The van der Waals surface area contributed by atoms with Gasteiger partial charge in [-0.25, -0.2) is 9.97 Å². The van der Waals surface area contributed by atoms with Crippen molar-refractivity contribution in [2.75, 3.05) is 18.6 Å². The van der Waals surface area contributed by atoms with Gasteiger partial charge in [0, 0.05) is 25.1 Å². The van der Waals surface area contributed by atoms with Crippen LogP contribution in [-0.4, -0.2) is 23.6 Å². The van der Waals surface area contributed by atoms with Crippen LogP contribution in [0.15, 0.2) is 36.4 Å². The number of nitrogens with zero attached hydrogens (tertiary/aromatic N) is 3. The van der Waals surface area contributed by atoms with E-state index in [1.54, 1.807) is 7.11 Å². The van der Waals surface area contributed by atoms with Crippen molar-refractivity contribution in [3.05, 3.63) is 53.5 Å². The second-order valence-electron chi connectivity index (χ2n) is 7.71. The van der Waals surface area contributed by atoms with Crippen LogP contribution in [0.4, 0.5) is 5.82 Å². The highest BCUT2D eigenvalue weighted by Crippen LogP contribution is 2.41. The van der Waals surface area contributed by atoms with Crippen molar-refractivity contribution in [2.45, 2.75) is 45.8 Å². The molecule has 1 aromatic heterocycles. The number of methoxy groups -OCH3 is 1. The van der Waals surface area contributed by atoms with Crippen molar-refractivity contribution in [3.63, 3.8) is 0 Å². The van der Waals surface area contributed by atoms with Crippen LogP contribution in [-0.2, 0) is 16.8 Å². The van der Waals surface area contributed by atoms with Crippen LogP contribution in [0.3, 0.4) is 0 Å². The highest BCUT2D eigenvalue weighted by atomic mass is 16.5. The highest BCUT2D eigenvalue weighted by Gasteiger charge is 2.38. The summed E-state index contributed by atoms with van der Waals surface area (Å²) in [4.78, 5) is 12.0. The molecule has 4 heteroatoms. The first kappa shape index (κ1) is 16.9. The maximum absolute atomic E-state index is 5.31. The summed E-state index contributed by atoms with van der Waals surface area (Å²) >= 11 is 0. The molecule has 1 aliphatic heterocycles. The van der Waals surface area contributed by atoms with Crippen LogP contribution in [0, 0.1) is 5.92 Å². The maximum atomic E-state index is 5.31. The Bertz CT molecular complexity index is 694. The predicted octanol–water partition coefficient (Wildman–Crippen LogP) is 4.12. The largest absolute Gasteiger partial charge is 0.378 e. The molecule has 1 aliphatic rings. The Labute approximate surface area is 144 Å². The smallest absolute Gasteiger partial charge is 0.136 e. The molecule has 1 fully saturated rings. The quantitative estimate of drug-likeness (QED) is 0.847. The Balaban J connectivity index is 1.97. The van der Waals surface area contributed by atoms with Gasteiger partial charge in [0.15, 0.2) is 0 Å². The van der Waals surface area contributed by atoms with E-state index in [4.69, 9.17) is 9.72 Å². The summed E-state index contributed by atoms with van der Waals surface area (Å²) < 4.78 is 5.31. The molecular formula is C20H27N3O. The summed E-state index contributed by atoms with van der Waals surface area (Å²) in [5.74, 6) is 2.50. The van der Waals surface area contributed by atoms with E-state index in [0.29, 0.717) is 18.6 Å². The Hall–Kier alpha value is -1.94. The van der Waals surface area contributed by atoms with Gasteiger partial charge in [0.05, 0.1) is 18.3 Å². The van der Waals surface area contributed by atoms with Crippen molar-refractivity contribution < 1.29 is 4.74 Å². The number of ether oxygens (including phenoxy) is 1. The fourth-order valence-electron chi connectivity index (χ4n) is 3.28. The molecule has 24 heavy (non-hydrogen) atoms. The van der Waals surface area contributed by atoms with Crippen molar-refractivity contribution in [2.24, 2.45) is 5.92 Å². The van der Waals surface area contributed by atoms with Gasteiger partial charge in [0.2, 0.25) is 0 Å². The van der Waals surface area contributed by atoms with Gasteiger partial charge in [0.25, 0.3) is 0 Å². The number of benzene rings is 1. The fourth-order valence-corrected chi connectivity index (χ4v) is 3.28. The third-order valence-corrected chi connectivity index (χ3v) is 4.52. The van der Waals surface area contributed by atoms with Crippen LogP contribution in [0.1, 0.15) is 50.8 Å². The van der Waals surface area contributed by atoms with Gasteiger partial charge in [-0.1, -0.05) is 58.0 Å².